The predicted molar refractivity (Wildman–Crippen MR) is 95.6 cm³/mol. The van der Waals surface area contributed by atoms with Gasteiger partial charge in [0.2, 0.25) is 10.0 Å². The summed E-state index contributed by atoms with van der Waals surface area (Å²) in [6.45, 7) is 0.339. The third kappa shape index (κ3) is 3.84. The number of nitrogens with two attached hydrogens (primary N) is 1. The number of rotatable bonds is 6. The minimum Gasteiger partial charge on any atom is -0.496 e. The van der Waals surface area contributed by atoms with E-state index in [1.165, 1.54) is 25.3 Å². The number of amides is 1. The van der Waals surface area contributed by atoms with Gasteiger partial charge in [-0.25, -0.2) is 18.5 Å². The average molecular weight is 374 g/mol. The van der Waals surface area contributed by atoms with Crippen LogP contribution in [0.1, 0.15) is 16.1 Å². The van der Waals surface area contributed by atoms with Crippen LogP contribution in [0.2, 0.25) is 0 Å². The molecule has 3 N–H and O–H groups in total. The number of hydrogen-bond donors (Lipinski definition) is 2. The number of fused-ring (bicyclic) bond motifs is 1. The number of carbonyl (C=O) groups excluding carboxylic acids is 1. The van der Waals surface area contributed by atoms with Crippen LogP contribution in [0.3, 0.4) is 0 Å². The zero-order chi connectivity index (χ0) is 18.7. The summed E-state index contributed by atoms with van der Waals surface area (Å²) in [5.74, 6) is -0.182. The number of benzene rings is 1. The molecule has 8 nitrogen and oxygen atoms in total. The molecule has 0 atom stereocenters. The number of hydrogen-bond acceptors (Lipinski definition) is 5. The van der Waals surface area contributed by atoms with Gasteiger partial charge in [0.25, 0.3) is 5.91 Å². The van der Waals surface area contributed by atoms with E-state index in [0.29, 0.717) is 13.0 Å². The number of ether oxygens (including phenoxy) is 1. The van der Waals surface area contributed by atoms with Crippen LogP contribution in [0.5, 0.6) is 5.75 Å². The lowest BCUT2D eigenvalue weighted by atomic mass is 10.2. The number of sulfonamides is 1. The third-order valence-electron chi connectivity index (χ3n) is 3.82. The minimum atomic E-state index is -3.91. The maximum absolute atomic E-state index is 12.4. The minimum absolute atomic E-state index is 0.106. The van der Waals surface area contributed by atoms with Gasteiger partial charge in [0.1, 0.15) is 11.4 Å². The highest BCUT2D eigenvalue weighted by atomic mass is 32.2. The number of aromatic nitrogens is 2. The normalized spacial score (nSPS) is 11.5. The molecule has 0 radical (unpaired) electrons. The Morgan fingerprint density at radius 1 is 1.31 bits per heavy atom. The van der Waals surface area contributed by atoms with Gasteiger partial charge in [-0.2, -0.15) is 0 Å². The summed E-state index contributed by atoms with van der Waals surface area (Å²) in [7, 11) is -2.51. The molecule has 26 heavy (non-hydrogen) atoms. The van der Waals surface area contributed by atoms with Crippen molar-refractivity contribution in [2.45, 2.75) is 11.3 Å². The van der Waals surface area contributed by atoms with Crippen LogP contribution in [-0.4, -0.2) is 37.4 Å². The summed E-state index contributed by atoms with van der Waals surface area (Å²) in [5, 5.41) is 7.86. The molecule has 3 aromatic rings. The van der Waals surface area contributed by atoms with E-state index in [0.717, 1.165) is 11.3 Å². The molecule has 0 saturated carbocycles. The van der Waals surface area contributed by atoms with Crippen molar-refractivity contribution in [3.63, 3.8) is 0 Å². The Hall–Kier alpha value is -2.91. The summed E-state index contributed by atoms with van der Waals surface area (Å²) in [6, 6.07) is 9.60. The summed E-state index contributed by atoms with van der Waals surface area (Å²) >= 11 is 0. The number of nitrogens with one attached hydrogen (secondary N) is 1. The molecule has 2 heterocycles. The third-order valence-corrected chi connectivity index (χ3v) is 4.74. The van der Waals surface area contributed by atoms with Gasteiger partial charge in [-0.1, -0.05) is 6.07 Å². The first-order chi connectivity index (χ1) is 12.4. The van der Waals surface area contributed by atoms with Crippen molar-refractivity contribution in [2.75, 3.05) is 13.7 Å². The van der Waals surface area contributed by atoms with Crippen LogP contribution in [0.15, 0.2) is 53.7 Å². The molecule has 0 spiro atoms. The molecule has 1 amide bonds. The Labute approximate surface area is 150 Å². The van der Waals surface area contributed by atoms with E-state index >= 15 is 0 Å². The van der Waals surface area contributed by atoms with Crippen molar-refractivity contribution in [3.05, 3.63) is 60.0 Å². The van der Waals surface area contributed by atoms with Crippen LogP contribution in [0.4, 0.5) is 0 Å². The quantitative estimate of drug-likeness (QED) is 0.667. The highest BCUT2D eigenvalue weighted by molar-refractivity contribution is 7.89. The smallest absolute Gasteiger partial charge is 0.255 e. The average Bonchev–Trinajstić information content (AvgIpc) is 3.03. The molecule has 0 saturated heterocycles. The number of carbonyl (C=O) groups is 1. The Morgan fingerprint density at radius 3 is 2.81 bits per heavy atom. The molecular weight excluding hydrogens is 356 g/mol. The SMILES string of the molecule is COc1ccc(S(N)(=O)=O)cc1C(=O)NCCc1cn2ccccc2n1. The number of imidazole rings is 1. The van der Waals surface area contributed by atoms with E-state index in [1.54, 1.807) is 0 Å². The molecule has 2 aromatic heterocycles. The molecule has 3 rings (SSSR count). The molecule has 136 valence electrons. The summed E-state index contributed by atoms with van der Waals surface area (Å²) in [4.78, 5) is 16.7. The second-order valence-corrected chi connectivity index (χ2v) is 7.17. The van der Waals surface area contributed by atoms with Crippen molar-refractivity contribution >= 4 is 21.6 Å². The monoisotopic (exact) mass is 374 g/mol. The zero-order valence-corrected chi connectivity index (χ0v) is 14.9. The van der Waals surface area contributed by atoms with Crippen molar-refractivity contribution in [3.8, 4) is 5.75 Å². The van der Waals surface area contributed by atoms with E-state index in [1.807, 2.05) is 35.0 Å². The lowest BCUT2D eigenvalue weighted by Crippen LogP contribution is -2.26. The first-order valence-corrected chi connectivity index (χ1v) is 9.35. The molecule has 0 bridgehead atoms. The fourth-order valence-corrected chi connectivity index (χ4v) is 3.09. The van der Waals surface area contributed by atoms with Gasteiger partial charge in [0.05, 0.1) is 23.3 Å². The molecule has 1 aromatic carbocycles. The first kappa shape index (κ1) is 17.9. The Morgan fingerprint density at radius 2 is 2.12 bits per heavy atom. The standard InChI is InChI=1S/C17H18N4O4S/c1-25-15-6-5-13(26(18,23)24)10-14(15)17(22)19-8-7-12-11-21-9-3-2-4-16(21)20-12/h2-6,9-11H,7-8H2,1H3,(H,19,22)(H2,18,23,24). The van der Waals surface area contributed by atoms with Gasteiger partial charge in [0.15, 0.2) is 0 Å². The Bertz CT molecular complexity index is 1030. The number of methoxy groups -OCH3 is 1. The summed E-state index contributed by atoms with van der Waals surface area (Å²) in [5.41, 5.74) is 1.77. The Kier molecular flexibility index (Phi) is 4.92. The lowest BCUT2D eigenvalue weighted by Gasteiger charge is -2.10. The largest absolute Gasteiger partial charge is 0.496 e. The van der Waals surface area contributed by atoms with E-state index < -0.39 is 15.9 Å². The maximum atomic E-state index is 12.4. The summed E-state index contributed by atoms with van der Waals surface area (Å²) in [6.07, 6.45) is 4.32. The fraction of sp³-hybridized carbons (Fsp3) is 0.176. The molecule has 0 aliphatic rings. The molecule has 0 aliphatic carbocycles. The number of pyridine rings is 1. The van der Waals surface area contributed by atoms with Crippen LogP contribution >= 0.6 is 0 Å². The molecular formula is C17H18N4O4S. The van der Waals surface area contributed by atoms with Crippen molar-refractivity contribution < 1.29 is 17.9 Å². The predicted octanol–water partition coefficient (Wildman–Crippen LogP) is 0.963. The van der Waals surface area contributed by atoms with Crippen molar-refractivity contribution in [1.29, 1.82) is 0 Å². The topological polar surface area (TPSA) is 116 Å². The second kappa shape index (κ2) is 7.14. The molecule has 0 aliphatic heterocycles. The fourth-order valence-electron chi connectivity index (χ4n) is 2.55. The second-order valence-electron chi connectivity index (χ2n) is 5.61. The van der Waals surface area contributed by atoms with Crippen LogP contribution in [0.25, 0.3) is 5.65 Å². The summed E-state index contributed by atoms with van der Waals surface area (Å²) < 4.78 is 30.0. The number of nitrogens with zero attached hydrogens (tertiary/aromatic N) is 2. The van der Waals surface area contributed by atoms with E-state index in [4.69, 9.17) is 9.88 Å². The zero-order valence-electron chi connectivity index (χ0n) is 14.0. The first-order valence-electron chi connectivity index (χ1n) is 7.80. The van der Waals surface area contributed by atoms with Crippen molar-refractivity contribution in [1.82, 2.24) is 14.7 Å². The van der Waals surface area contributed by atoms with Gasteiger partial charge < -0.3 is 14.5 Å². The number of primary sulfonamides is 1. The van der Waals surface area contributed by atoms with Crippen molar-refractivity contribution in [2.24, 2.45) is 5.14 Å². The molecule has 0 unspecified atom stereocenters. The molecule has 9 heteroatoms. The van der Waals surface area contributed by atoms with E-state index in [2.05, 4.69) is 10.3 Å². The van der Waals surface area contributed by atoms with Crippen LogP contribution in [-0.2, 0) is 16.4 Å². The van der Waals surface area contributed by atoms with Gasteiger partial charge in [-0.3, -0.25) is 4.79 Å². The molecule has 0 fully saturated rings. The van der Waals surface area contributed by atoms with E-state index in [-0.39, 0.29) is 16.2 Å². The Balaban J connectivity index is 1.71. The van der Waals surface area contributed by atoms with E-state index in [9.17, 15) is 13.2 Å². The van der Waals surface area contributed by atoms with Gasteiger partial charge in [-0.05, 0) is 30.3 Å². The highest BCUT2D eigenvalue weighted by Gasteiger charge is 2.17. The van der Waals surface area contributed by atoms with Gasteiger partial charge in [0, 0.05) is 25.4 Å². The van der Waals surface area contributed by atoms with Crippen LogP contribution < -0.4 is 15.2 Å². The highest BCUT2D eigenvalue weighted by Crippen LogP contribution is 2.21. The van der Waals surface area contributed by atoms with Gasteiger partial charge >= 0.3 is 0 Å². The maximum Gasteiger partial charge on any atom is 0.255 e. The lowest BCUT2D eigenvalue weighted by molar-refractivity contribution is 0.0951. The van der Waals surface area contributed by atoms with Gasteiger partial charge in [-0.15, -0.1) is 0 Å². The van der Waals surface area contributed by atoms with Crippen LogP contribution in [0, 0.1) is 0 Å².